The number of amides is 4. The van der Waals surface area contributed by atoms with E-state index in [0.29, 0.717) is 16.8 Å². The van der Waals surface area contributed by atoms with Crippen molar-refractivity contribution in [1.29, 1.82) is 5.26 Å². The Morgan fingerprint density at radius 2 is 1.93 bits per heavy atom. The standard InChI is InChI=1S/C20H17IN4O3/c1-12-9-15(21)7-8-16(12)23-17(26)11-25-18(27)20(2,24-19(25)28)14-5-3-13(10-22)4-6-14/h3-9H,11H2,1-2H3,(H,23,26)(H,24,28). The first-order valence-electron chi connectivity index (χ1n) is 8.45. The number of carbonyl (C=O) groups excluding carboxylic acids is 3. The maximum Gasteiger partial charge on any atom is 0.325 e. The van der Waals surface area contributed by atoms with E-state index < -0.39 is 23.4 Å². The third kappa shape index (κ3) is 3.71. The Balaban J connectivity index is 1.76. The molecule has 0 saturated carbocycles. The molecule has 1 atom stereocenters. The van der Waals surface area contributed by atoms with Crippen LogP contribution in [0.15, 0.2) is 42.5 Å². The van der Waals surface area contributed by atoms with Crippen molar-refractivity contribution in [2.75, 3.05) is 11.9 Å². The topological polar surface area (TPSA) is 102 Å². The summed E-state index contributed by atoms with van der Waals surface area (Å²) in [4.78, 5) is 38.5. The normalized spacial score (nSPS) is 18.6. The second-order valence-corrected chi connectivity index (χ2v) is 7.89. The van der Waals surface area contributed by atoms with Gasteiger partial charge in [0.25, 0.3) is 5.91 Å². The van der Waals surface area contributed by atoms with Crippen molar-refractivity contribution in [2.45, 2.75) is 19.4 Å². The zero-order chi connectivity index (χ0) is 20.5. The van der Waals surface area contributed by atoms with Crippen molar-refractivity contribution in [3.05, 3.63) is 62.7 Å². The Hall–Kier alpha value is -2.93. The lowest BCUT2D eigenvalue weighted by atomic mass is 9.91. The second-order valence-electron chi connectivity index (χ2n) is 6.64. The van der Waals surface area contributed by atoms with Crippen LogP contribution in [0.1, 0.15) is 23.6 Å². The highest BCUT2D eigenvalue weighted by Crippen LogP contribution is 2.29. The number of hydrogen-bond acceptors (Lipinski definition) is 4. The number of hydrogen-bond donors (Lipinski definition) is 2. The van der Waals surface area contributed by atoms with Crippen molar-refractivity contribution in [3.63, 3.8) is 0 Å². The first-order chi connectivity index (χ1) is 13.2. The molecule has 8 heteroatoms. The van der Waals surface area contributed by atoms with Crippen LogP contribution in [0.4, 0.5) is 10.5 Å². The minimum absolute atomic E-state index is 0.387. The zero-order valence-electron chi connectivity index (χ0n) is 15.2. The molecule has 0 bridgehead atoms. The van der Waals surface area contributed by atoms with Crippen molar-refractivity contribution < 1.29 is 14.4 Å². The lowest BCUT2D eigenvalue weighted by Gasteiger charge is -2.22. The maximum absolute atomic E-state index is 12.9. The number of nitriles is 1. The van der Waals surface area contributed by atoms with E-state index in [1.54, 1.807) is 37.3 Å². The van der Waals surface area contributed by atoms with Gasteiger partial charge in [0.1, 0.15) is 12.1 Å². The lowest BCUT2D eigenvalue weighted by Crippen LogP contribution is -2.42. The number of halogens is 1. The van der Waals surface area contributed by atoms with Gasteiger partial charge in [0.2, 0.25) is 5.91 Å². The summed E-state index contributed by atoms with van der Waals surface area (Å²) in [6, 6.07) is 13.3. The molecule has 1 aliphatic rings. The Morgan fingerprint density at radius 3 is 2.54 bits per heavy atom. The Morgan fingerprint density at radius 1 is 1.25 bits per heavy atom. The van der Waals surface area contributed by atoms with Gasteiger partial charge in [-0.25, -0.2) is 4.79 Å². The van der Waals surface area contributed by atoms with E-state index >= 15 is 0 Å². The number of carbonyl (C=O) groups is 3. The van der Waals surface area contributed by atoms with Gasteiger partial charge in [0.15, 0.2) is 0 Å². The molecule has 1 aliphatic heterocycles. The molecule has 0 aliphatic carbocycles. The third-order valence-electron chi connectivity index (χ3n) is 4.63. The van der Waals surface area contributed by atoms with E-state index in [1.807, 2.05) is 25.1 Å². The number of nitrogens with one attached hydrogen (secondary N) is 2. The molecule has 0 aromatic heterocycles. The van der Waals surface area contributed by atoms with E-state index in [9.17, 15) is 14.4 Å². The molecule has 7 nitrogen and oxygen atoms in total. The van der Waals surface area contributed by atoms with Gasteiger partial charge < -0.3 is 10.6 Å². The van der Waals surface area contributed by atoms with Gasteiger partial charge in [0, 0.05) is 9.26 Å². The van der Waals surface area contributed by atoms with E-state index in [1.165, 1.54) is 0 Å². The Bertz CT molecular complexity index is 1010. The number of urea groups is 1. The van der Waals surface area contributed by atoms with Crippen LogP contribution in [0.2, 0.25) is 0 Å². The van der Waals surface area contributed by atoms with E-state index in [4.69, 9.17) is 5.26 Å². The van der Waals surface area contributed by atoms with Crippen molar-refractivity contribution in [2.24, 2.45) is 0 Å². The number of benzene rings is 2. The molecule has 4 amide bonds. The smallest absolute Gasteiger partial charge is 0.324 e. The molecular formula is C20H17IN4O3. The molecular weight excluding hydrogens is 471 g/mol. The van der Waals surface area contributed by atoms with Crippen LogP contribution in [-0.2, 0) is 15.1 Å². The summed E-state index contributed by atoms with van der Waals surface area (Å²) in [5, 5.41) is 14.3. The molecule has 1 fully saturated rings. The van der Waals surface area contributed by atoms with Gasteiger partial charge in [0.05, 0.1) is 11.6 Å². The van der Waals surface area contributed by atoms with Crippen molar-refractivity contribution in [1.82, 2.24) is 10.2 Å². The molecule has 0 radical (unpaired) electrons. The van der Waals surface area contributed by atoms with Crippen molar-refractivity contribution >= 4 is 46.1 Å². The van der Waals surface area contributed by atoms with Gasteiger partial charge in [-0.2, -0.15) is 5.26 Å². The van der Waals surface area contributed by atoms with Crippen LogP contribution in [-0.4, -0.2) is 29.3 Å². The first-order valence-corrected chi connectivity index (χ1v) is 9.53. The minimum Gasteiger partial charge on any atom is -0.324 e. The molecule has 3 rings (SSSR count). The Kier molecular flexibility index (Phi) is 5.38. The molecule has 1 saturated heterocycles. The summed E-state index contributed by atoms with van der Waals surface area (Å²) in [5.74, 6) is -0.978. The van der Waals surface area contributed by atoms with Crippen LogP contribution in [0.25, 0.3) is 0 Å². The van der Waals surface area contributed by atoms with Crippen LogP contribution >= 0.6 is 22.6 Å². The highest BCUT2D eigenvalue weighted by Gasteiger charge is 2.49. The summed E-state index contributed by atoms with van der Waals surface area (Å²) < 4.78 is 1.04. The van der Waals surface area contributed by atoms with Gasteiger partial charge >= 0.3 is 6.03 Å². The van der Waals surface area contributed by atoms with Gasteiger partial charge in [-0.1, -0.05) is 12.1 Å². The summed E-state index contributed by atoms with van der Waals surface area (Å²) in [7, 11) is 0. The summed E-state index contributed by atoms with van der Waals surface area (Å²) in [6.07, 6.45) is 0. The lowest BCUT2D eigenvalue weighted by molar-refractivity contribution is -0.133. The molecule has 1 heterocycles. The first kappa shape index (κ1) is 19.8. The monoisotopic (exact) mass is 488 g/mol. The fraction of sp³-hybridized carbons (Fsp3) is 0.200. The number of anilines is 1. The quantitative estimate of drug-likeness (QED) is 0.511. The Labute approximate surface area is 175 Å². The maximum atomic E-state index is 12.9. The fourth-order valence-corrected chi connectivity index (χ4v) is 3.66. The molecule has 1 unspecified atom stereocenters. The average Bonchev–Trinajstić information content (AvgIpc) is 2.88. The highest BCUT2D eigenvalue weighted by atomic mass is 127. The predicted octanol–water partition coefficient (Wildman–Crippen LogP) is 2.88. The number of imide groups is 1. The van der Waals surface area contributed by atoms with Crippen LogP contribution < -0.4 is 10.6 Å². The van der Waals surface area contributed by atoms with Crippen LogP contribution in [0, 0.1) is 21.8 Å². The van der Waals surface area contributed by atoms with Gasteiger partial charge in [-0.05, 0) is 77.9 Å². The molecule has 142 valence electrons. The van der Waals surface area contributed by atoms with E-state index in [-0.39, 0.29) is 6.54 Å². The molecule has 28 heavy (non-hydrogen) atoms. The minimum atomic E-state index is -1.29. The fourth-order valence-electron chi connectivity index (χ4n) is 3.01. The third-order valence-corrected chi connectivity index (χ3v) is 5.30. The van der Waals surface area contributed by atoms with E-state index in [0.717, 1.165) is 14.0 Å². The highest BCUT2D eigenvalue weighted by molar-refractivity contribution is 14.1. The van der Waals surface area contributed by atoms with Crippen LogP contribution in [0.5, 0.6) is 0 Å². The SMILES string of the molecule is Cc1cc(I)ccc1NC(=O)CN1C(=O)NC(C)(c2ccc(C#N)cc2)C1=O. The molecule has 2 aromatic carbocycles. The predicted molar refractivity (Wildman–Crippen MR) is 111 cm³/mol. The zero-order valence-corrected chi connectivity index (χ0v) is 17.4. The molecule has 2 N–H and O–H groups in total. The van der Waals surface area contributed by atoms with Gasteiger partial charge in [-0.3, -0.25) is 14.5 Å². The summed E-state index contributed by atoms with van der Waals surface area (Å²) >= 11 is 2.18. The number of nitrogens with zero attached hydrogens (tertiary/aromatic N) is 2. The summed E-state index contributed by atoms with van der Waals surface area (Å²) in [5.41, 5.74) is 1.23. The molecule has 2 aromatic rings. The largest absolute Gasteiger partial charge is 0.325 e. The second kappa shape index (κ2) is 7.59. The number of aryl methyl sites for hydroxylation is 1. The number of rotatable bonds is 4. The van der Waals surface area contributed by atoms with E-state index in [2.05, 4.69) is 33.2 Å². The van der Waals surface area contributed by atoms with Gasteiger partial charge in [-0.15, -0.1) is 0 Å². The summed E-state index contributed by atoms with van der Waals surface area (Å²) in [6.45, 7) is 3.06. The van der Waals surface area contributed by atoms with Crippen LogP contribution in [0.3, 0.4) is 0 Å². The van der Waals surface area contributed by atoms with Crippen molar-refractivity contribution in [3.8, 4) is 6.07 Å². The molecule has 0 spiro atoms. The average molecular weight is 488 g/mol.